The molecule has 0 aromatic rings. The van der Waals surface area contributed by atoms with Crippen molar-refractivity contribution in [3.63, 3.8) is 0 Å². The van der Waals surface area contributed by atoms with Crippen molar-refractivity contribution in [1.82, 2.24) is 0 Å². The molecule has 0 heterocycles. The van der Waals surface area contributed by atoms with Crippen LogP contribution in [0.2, 0.25) is 0 Å². The first kappa shape index (κ1) is 84.4. The van der Waals surface area contributed by atoms with E-state index in [1.54, 1.807) is 0 Å². The number of hydrogen-bond donors (Lipinski definition) is 0. The van der Waals surface area contributed by atoms with Crippen molar-refractivity contribution in [2.24, 2.45) is 0 Å². The highest BCUT2D eigenvalue weighted by atomic mass is 16.7. The van der Waals surface area contributed by atoms with Crippen LogP contribution in [-0.4, -0.2) is 82.3 Å². The lowest BCUT2D eigenvalue weighted by Crippen LogP contribution is -2.44. The van der Waals surface area contributed by atoms with E-state index in [0.717, 1.165) is 103 Å². The first-order valence-corrected chi connectivity index (χ1v) is 36.3. The number of esters is 2. The van der Waals surface area contributed by atoms with Gasteiger partial charge < -0.3 is 33.3 Å². The topological polar surface area (TPSA) is 111 Å². The minimum atomic E-state index is -1.63. The summed E-state index contributed by atoms with van der Waals surface area (Å²) < 4.78 is 22.8. The van der Waals surface area contributed by atoms with E-state index in [1.165, 1.54) is 161 Å². The van der Waals surface area contributed by atoms with Gasteiger partial charge in [-0.2, -0.15) is 0 Å². The molecule has 0 aromatic carbocycles. The molecular formula is C80H135NO8. The fraction of sp³-hybridized carbons (Fsp3) is 0.688. The van der Waals surface area contributed by atoms with Crippen LogP contribution in [0.4, 0.5) is 0 Å². The number of aliphatic carboxylic acids is 1. The van der Waals surface area contributed by atoms with Gasteiger partial charge in [-0.1, -0.05) is 302 Å². The van der Waals surface area contributed by atoms with E-state index in [0.29, 0.717) is 17.4 Å². The number of likely N-dealkylation sites (N-methyl/N-ethyl adjacent to an activating group) is 1. The summed E-state index contributed by atoms with van der Waals surface area (Å²) in [6.07, 6.45) is 96.8. The first-order valence-electron chi connectivity index (χ1n) is 36.3. The SMILES string of the molecule is CC/C=C\C/C=C\C/C=C\C/C=C\C/C=C\C/C=C\C/C=C\C/C=C\C/C=C\CCCCCCCCCCCCCCCC(=O)OC(COC(=O)CCCCCCCCCCCCC/C=C\C/C=C\CCCCCCC)COC(OCC[N+](C)(C)C)C(=O)[O-]. The molecule has 0 aliphatic heterocycles. The lowest BCUT2D eigenvalue weighted by molar-refractivity contribution is -0.870. The number of carbonyl (C=O) groups excluding carboxylic acids is 3. The smallest absolute Gasteiger partial charge is 0.306 e. The summed E-state index contributed by atoms with van der Waals surface area (Å²) in [6.45, 7) is 4.63. The maximum atomic E-state index is 12.9. The van der Waals surface area contributed by atoms with Gasteiger partial charge >= 0.3 is 11.9 Å². The summed E-state index contributed by atoms with van der Waals surface area (Å²) in [5.74, 6) is -2.29. The van der Waals surface area contributed by atoms with E-state index in [9.17, 15) is 19.5 Å². The predicted octanol–water partition coefficient (Wildman–Crippen LogP) is 21.6. The van der Waals surface area contributed by atoms with Gasteiger partial charge in [0.15, 0.2) is 12.4 Å². The largest absolute Gasteiger partial charge is 0.545 e. The molecule has 0 radical (unpaired) electrons. The van der Waals surface area contributed by atoms with E-state index in [4.69, 9.17) is 18.9 Å². The molecule has 508 valence electrons. The summed E-state index contributed by atoms with van der Waals surface area (Å²) in [6, 6.07) is 0. The maximum Gasteiger partial charge on any atom is 0.306 e. The third-order valence-corrected chi connectivity index (χ3v) is 15.4. The Hall–Kier alpha value is -4.57. The molecule has 0 aliphatic rings. The second-order valence-corrected chi connectivity index (χ2v) is 25.1. The van der Waals surface area contributed by atoms with Crippen molar-refractivity contribution in [1.29, 1.82) is 0 Å². The average molecular weight is 1240 g/mol. The van der Waals surface area contributed by atoms with E-state index in [1.807, 2.05) is 21.1 Å². The van der Waals surface area contributed by atoms with Gasteiger partial charge in [0, 0.05) is 12.8 Å². The molecule has 0 saturated carbocycles. The molecule has 0 amide bonds. The molecular weight excluding hydrogens is 1100 g/mol. The van der Waals surface area contributed by atoms with Crippen molar-refractivity contribution in [3.05, 3.63) is 134 Å². The van der Waals surface area contributed by atoms with Gasteiger partial charge in [-0.3, -0.25) is 9.59 Å². The third-order valence-electron chi connectivity index (χ3n) is 15.4. The summed E-state index contributed by atoms with van der Waals surface area (Å²) in [5.41, 5.74) is 0. The number of hydrogen-bond acceptors (Lipinski definition) is 8. The van der Waals surface area contributed by atoms with Crippen LogP contribution in [0, 0.1) is 0 Å². The van der Waals surface area contributed by atoms with Gasteiger partial charge in [-0.25, -0.2) is 0 Å². The molecule has 9 nitrogen and oxygen atoms in total. The fourth-order valence-corrected chi connectivity index (χ4v) is 9.86. The summed E-state index contributed by atoms with van der Waals surface area (Å²) >= 11 is 0. The molecule has 9 heteroatoms. The highest BCUT2D eigenvalue weighted by Gasteiger charge is 2.22. The van der Waals surface area contributed by atoms with Crippen molar-refractivity contribution in [2.75, 3.05) is 47.5 Å². The van der Waals surface area contributed by atoms with Crippen LogP contribution < -0.4 is 5.11 Å². The Morgan fingerprint density at radius 1 is 0.348 bits per heavy atom. The molecule has 2 unspecified atom stereocenters. The molecule has 0 saturated heterocycles. The normalized spacial score (nSPS) is 13.5. The molecule has 0 aromatic heterocycles. The number of allylic oxidation sites excluding steroid dienone is 22. The number of carbonyl (C=O) groups is 3. The Balaban J connectivity index is 4.10. The van der Waals surface area contributed by atoms with Crippen LogP contribution in [0.25, 0.3) is 0 Å². The molecule has 0 rings (SSSR count). The molecule has 89 heavy (non-hydrogen) atoms. The maximum absolute atomic E-state index is 12.9. The van der Waals surface area contributed by atoms with Crippen molar-refractivity contribution in [2.45, 2.75) is 309 Å². The molecule has 0 spiro atoms. The van der Waals surface area contributed by atoms with E-state index < -0.39 is 24.3 Å². The van der Waals surface area contributed by atoms with Crippen molar-refractivity contribution >= 4 is 17.9 Å². The summed E-state index contributed by atoms with van der Waals surface area (Å²) in [4.78, 5) is 37.5. The lowest BCUT2D eigenvalue weighted by Gasteiger charge is -2.26. The Morgan fingerprint density at radius 2 is 0.640 bits per heavy atom. The van der Waals surface area contributed by atoms with Gasteiger partial charge in [0.2, 0.25) is 0 Å². The van der Waals surface area contributed by atoms with E-state index in [-0.39, 0.29) is 38.6 Å². The molecule has 0 fully saturated rings. The number of unbranched alkanes of at least 4 members (excludes halogenated alkanes) is 29. The van der Waals surface area contributed by atoms with Crippen LogP contribution in [-0.2, 0) is 33.3 Å². The Morgan fingerprint density at radius 3 is 0.955 bits per heavy atom. The highest BCUT2D eigenvalue weighted by Crippen LogP contribution is 2.17. The third kappa shape index (κ3) is 70.7. The number of rotatable bonds is 66. The van der Waals surface area contributed by atoms with Gasteiger partial charge in [0.1, 0.15) is 13.2 Å². The van der Waals surface area contributed by atoms with Gasteiger partial charge in [0.05, 0.1) is 40.3 Å². The Kier molecular flexibility index (Phi) is 65.8. The van der Waals surface area contributed by atoms with E-state index >= 15 is 0 Å². The number of quaternary nitrogens is 1. The second-order valence-electron chi connectivity index (χ2n) is 25.1. The van der Waals surface area contributed by atoms with Crippen LogP contribution in [0.5, 0.6) is 0 Å². The first-order chi connectivity index (χ1) is 43.6. The van der Waals surface area contributed by atoms with Crippen molar-refractivity contribution < 1.29 is 42.9 Å². The lowest BCUT2D eigenvalue weighted by atomic mass is 10.0. The zero-order valence-corrected chi connectivity index (χ0v) is 58.0. The molecule has 0 bridgehead atoms. The van der Waals surface area contributed by atoms with Crippen LogP contribution >= 0.6 is 0 Å². The number of ether oxygens (including phenoxy) is 4. The van der Waals surface area contributed by atoms with Gasteiger partial charge in [-0.05, 0) is 116 Å². The molecule has 2 atom stereocenters. The summed E-state index contributed by atoms with van der Waals surface area (Å²) in [7, 11) is 5.93. The highest BCUT2D eigenvalue weighted by molar-refractivity contribution is 5.70. The number of carboxylic acids is 1. The summed E-state index contributed by atoms with van der Waals surface area (Å²) in [5, 5.41) is 11.8. The number of carboxylic acid groups (broad SMARTS) is 1. The second kappa shape index (κ2) is 69.3. The standard InChI is InChI=1S/C80H135NO8/c1-6-8-10-12-14-16-18-20-22-24-26-28-30-31-32-33-34-35-36-37-38-39-40-41-42-43-44-45-46-47-49-51-53-55-57-59-61-63-65-67-69-71-78(83)89-76(75-88-80(79(84)85)86-73-72-81(3,4)5)74-87-77(82)70-68-66-64-62-60-58-56-54-52-50-48-29-27-25-23-21-19-17-15-13-11-9-7-2/h8,10,14,16,19-22,25-28,31-32,34-35,37-38,40-41,43-44,76,80H,6-7,9,11-13,15,17-18,23-24,29-30,33,36,39,42,45-75H2,1-5H3/b10-8-,16-14-,21-19-,22-20-,27-25-,28-26-,32-31-,35-34-,38-37-,41-40-,44-43-. The van der Waals surface area contributed by atoms with Crippen LogP contribution in [0.1, 0.15) is 296 Å². The quantitative estimate of drug-likeness (QED) is 0.0195. The average Bonchev–Trinajstić information content (AvgIpc) is 3.64. The van der Waals surface area contributed by atoms with Crippen molar-refractivity contribution in [3.8, 4) is 0 Å². The zero-order chi connectivity index (χ0) is 64.7. The minimum absolute atomic E-state index is 0.143. The van der Waals surface area contributed by atoms with E-state index in [2.05, 4.69) is 148 Å². The van der Waals surface area contributed by atoms with Crippen LogP contribution in [0.3, 0.4) is 0 Å². The zero-order valence-electron chi connectivity index (χ0n) is 58.0. The minimum Gasteiger partial charge on any atom is -0.545 e. The number of nitrogens with zero attached hydrogens (tertiary/aromatic N) is 1. The monoisotopic (exact) mass is 1240 g/mol. The Bertz CT molecular complexity index is 1930. The molecule has 0 N–H and O–H groups in total. The Labute approximate surface area is 548 Å². The van der Waals surface area contributed by atoms with Gasteiger partial charge in [0.25, 0.3) is 0 Å². The fourth-order valence-electron chi connectivity index (χ4n) is 9.86. The predicted molar refractivity (Wildman–Crippen MR) is 379 cm³/mol. The van der Waals surface area contributed by atoms with Gasteiger partial charge in [-0.15, -0.1) is 0 Å². The van der Waals surface area contributed by atoms with Crippen LogP contribution in [0.15, 0.2) is 134 Å². The molecule has 0 aliphatic carbocycles.